The van der Waals surface area contributed by atoms with E-state index in [1.807, 2.05) is 6.07 Å². The molecular weight excluding hydrogens is 257 g/mol. The van der Waals surface area contributed by atoms with Crippen molar-refractivity contribution < 1.29 is 4.39 Å². The first-order valence-electron chi connectivity index (χ1n) is 5.43. The molecule has 0 amide bonds. The Bertz CT molecular complexity index is 314. The maximum Gasteiger partial charge on any atom is 0.127 e. The lowest BCUT2D eigenvalue weighted by molar-refractivity contribution is 0.395. The summed E-state index contributed by atoms with van der Waals surface area (Å²) in [5.74, 6) is -0.100. The fraction of sp³-hybridized carbons (Fsp3) is 0.500. The van der Waals surface area contributed by atoms with Crippen LogP contribution in [-0.4, -0.2) is 12.6 Å². The Kier molecular flexibility index (Phi) is 3.76. The summed E-state index contributed by atoms with van der Waals surface area (Å²) >= 11 is 3.41. The number of halogens is 2. The van der Waals surface area contributed by atoms with Crippen molar-refractivity contribution in [3.8, 4) is 0 Å². The maximum absolute atomic E-state index is 13.5. The van der Waals surface area contributed by atoms with E-state index in [-0.39, 0.29) is 5.82 Å². The normalized spacial score (nSPS) is 21.6. The predicted octanol–water partition coefficient (Wildman–Crippen LogP) is 3.27. The van der Waals surface area contributed by atoms with Crippen molar-refractivity contribution >= 4 is 15.9 Å². The highest BCUT2D eigenvalue weighted by Gasteiger charge is 2.16. The van der Waals surface area contributed by atoms with Crippen molar-refractivity contribution in [1.82, 2.24) is 5.32 Å². The lowest BCUT2D eigenvalue weighted by Crippen LogP contribution is -2.35. The Morgan fingerprint density at radius 1 is 1.40 bits per heavy atom. The van der Waals surface area contributed by atoms with Gasteiger partial charge in [0.1, 0.15) is 5.82 Å². The summed E-state index contributed by atoms with van der Waals surface area (Å²) in [6.45, 7) is 1.07. The smallest absolute Gasteiger partial charge is 0.127 e. The monoisotopic (exact) mass is 271 g/mol. The molecule has 0 radical (unpaired) electrons. The number of hydrogen-bond donors (Lipinski definition) is 1. The molecule has 15 heavy (non-hydrogen) atoms. The molecule has 0 spiro atoms. The Morgan fingerprint density at radius 3 is 2.93 bits per heavy atom. The van der Waals surface area contributed by atoms with E-state index in [1.165, 1.54) is 18.9 Å². The zero-order chi connectivity index (χ0) is 10.7. The molecule has 1 unspecified atom stereocenters. The van der Waals surface area contributed by atoms with Crippen LogP contribution in [0, 0.1) is 5.82 Å². The largest absolute Gasteiger partial charge is 0.314 e. The zero-order valence-corrected chi connectivity index (χ0v) is 10.2. The van der Waals surface area contributed by atoms with Crippen LogP contribution in [0.1, 0.15) is 24.8 Å². The van der Waals surface area contributed by atoms with Gasteiger partial charge in [-0.1, -0.05) is 28.4 Å². The first-order chi connectivity index (χ1) is 7.27. The molecule has 0 aromatic heterocycles. The summed E-state index contributed by atoms with van der Waals surface area (Å²) in [6.07, 6.45) is 4.44. The molecule has 1 saturated heterocycles. The van der Waals surface area contributed by atoms with Crippen LogP contribution in [0.25, 0.3) is 0 Å². The fourth-order valence-electron chi connectivity index (χ4n) is 2.07. The summed E-state index contributed by atoms with van der Waals surface area (Å²) in [4.78, 5) is 0. The molecule has 1 heterocycles. The standard InChI is InChI=1S/C12H15BrFN/c13-11-5-3-6-12(14)10(11)8-9-4-1-2-7-15-9/h3,5-6,9,15H,1-2,4,7-8H2. The second-order valence-corrected chi connectivity index (χ2v) is 4.91. The van der Waals surface area contributed by atoms with E-state index in [0.29, 0.717) is 6.04 Å². The van der Waals surface area contributed by atoms with Gasteiger partial charge in [0.2, 0.25) is 0 Å². The number of rotatable bonds is 2. The van der Waals surface area contributed by atoms with Crippen LogP contribution in [0.3, 0.4) is 0 Å². The van der Waals surface area contributed by atoms with Gasteiger partial charge in [-0.05, 0) is 37.9 Å². The SMILES string of the molecule is Fc1cccc(Br)c1CC1CCCCN1. The predicted molar refractivity (Wildman–Crippen MR) is 63.4 cm³/mol. The Balaban J connectivity index is 2.09. The molecule has 1 aliphatic heterocycles. The average Bonchev–Trinajstić information content (AvgIpc) is 2.25. The van der Waals surface area contributed by atoms with Crippen LogP contribution < -0.4 is 5.32 Å². The van der Waals surface area contributed by atoms with Crippen LogP contribution in [0.15, 0.2) is 22.7 Å². The van der Waals surface area contributed by atoms with Crippen molar-refractivity contribution in [2.75, 3.05) is 6.54 Å². The zero-order valence-electron chi connectivity index (χ0n) is 8.60. The van der Waals surface area contributed by atoms with Gasteiger partial charge in [0.05, 0.1) is 0 Å². The molecule has 1 fully saturated rings. The Hall–Kier alpha value is -0.410. The molecule has 2 rings (SSSR count). The molecule has 0 aliphatic carbocycles. The molecule has 0 bridgehead atoms. The van der Waals surface area contributed by atoms with Crippen LogP contribution in [-0.2, 0) is 6.42 Å². The van der Waals surface area contributed by atoms with E-state index in [0.717, 1.165) is 29.4 Å². The topological polar surface area (TPSA) is 12.0 Å². The van der Waals surface area contributed by atoms with Gasteiger partial charge < -0.3 is 5.32 Å². The number of hydrogen-bond acceptors (Lipinski definition) is 1. The molecule has 3 heteroatoms. The molecule has 1 aromatic carbocycles. The van der Waals surface area contributed by atoms with Gasteiger partial charge in [-0.25, -0.2) is 4.39 Å². The van der Waals surface area contributed by atoms with Gasteiger partial charge in [-0.15, -0.1) is 0 Å². The molecule has 82 valence electrons. The Labute approximate surface area is 98.2 Å². The second kappa shape index (κ2) is 5.08. The molecule has 1 aromatic rings. The highest BCUT2D eigenvalue weighted by atomic mass is 79.9. The minimum Gasteiger partial charge on any atom is -0.314 e. The van der Waals surface area contributed by atoms with Crippen LogP contribution >= 0.6 is 15.9 Å². The van der Waals surface area contributed by atoms with Gasteiger partial charge in [0, 0.05) is 16.1 Å². The number of nitrogens with one attached hydrogen (secondary N) is 1. The van der Waals surface area contributed by atoms with Crippen LogP contribution in [0.2, 0.25) is 0 Å². The minimum atomic E-state index is -0.100. The summed E-state index contributed by atoms with van der Waals surface area (Å²) in [7, 11) is 0. The Morgan fingerprint density at radius 2 is 2.27 bits per heavy atom. The molecule has 1 N–H and O–H groups in total. The fourth-order valence-corrected chi connectivity index (χ4v) is 2.58. The highest BCUT2D eigenvalue weighted by molar-refractivity contribution is 9.10. The third-order valence-corrected chi connectivity index (χ3v) is 3.67. The second-order valence-electron chi connectivity index (χ2n) is 4.05. The van der Waals surface area contributed by atoms with E-state index in [9.17, 15) is 4.39 Å². The first kappa shape index (κ1) is 11.1. The van der Waals surface area contributed by atoms with Gasteiger partial charge in [0.15, 0.2) is 0 Å². The average molecular weight is 272 g/mol. The van der Waals surface area contributed by atoms with E-state index < -0.39 is 0 Å². The molecule has 0 saturated carbocycles. The lowest BCUT2D eigenvalue weighted by atomic mass is 9.97. The summed E-state index contributed by atoms with van der Waals surface area (Å²) < 4.78 is 14.4. The molecule has 1 atom stereocenters. The van der Waals surface area contributed by atoms with Crippen LogP contribution in [0.5, 0.6) is 0 Å². The summed E-state index contributed by atoms with van der Waals surface area (Å²) in [5.41, 5.74) is 0.803. The third kappa shape index (κ3) is 2.79. The van der Waals surface area contributed by atoms with Crippen molar-refractivity contribution in [2.45, 2.75) is 31.7 Å². The van der Waals surface area contributed by atoms with E-state index >= 15 is 0 Å². The van der Waals surface area contributed by atoms with Gasteiger partial charge >= 0.3 is 0 Å². The van der Waals surface area contributed by atoms with Crippen molar-refractivity contribution in [3.63, 3.8) is 0 Å². The van der Waals surface area contributed by atoms with Crippen molar-refractivity contribution in [1.29, 1.82) is 0 Å². The minimum absolute atomic E-state index is 0.100. The van der Waals surface area contributed by atoms with Crippen LogP contribution in [0.4, 0.5) is 4.39 Å². The highest BCUT2D eigenvalue weighted by Crippen LogP contribution is 2.23. The van der Waals surface area contributed by atoms with Crippen molar-refractivity contribution in [2.24, 2.45) is 0 Å². The van der Waals surface area contributed by atoms with Gasteiger partial charge in [0.25, 0.3) is 0 Å². The molecular formula is C12H15BrFN. The van der Waals surface area contributed by atoms with Gasteiger partial charge in [-0.2, -0.15) is 0 Å². The van der Waals surface area contributed by atoms with E-state index in [4.69, 9.17) is 0 Å². The van der Waals surface area contributed by atoms with E-state index in [1.54, 1.807) is 6.07 Å². The first-order valence-corrected chi connectivity index (χ1v) is 6.23. The third-order valence-electron chi connectivity index (χ3n) is 2.92. The summed E-state index contributed by atoms with van der Waals surface area (Å²) in [6, 6.07) is 5.61. The number of benzene rings is 1. The number of piperidine rings is 1. The van der Waals surface area contributed by atoms with Gasteiger partial charge in [-0.3, -0.25) is 0 Å². The summed E-state index contributed by atoms with van der Waals surface area (Å²) in [5, 5.41) is 3.43. The molecule has 1 aliphatic rings. The lowest BCUT2D eigenvalue weighted by Gasteiger charge is -2.24. The van der Waals surface area contributed by atoms with Crippen molar-refractivity contribution in [3.05, 3.63) is 34.1 Å². The van der Waals surface area contributed by atoms with E-state index in [2.05, 4.69) is 21.2 Å². The molecule has 1 nitrogen and oxygen atoms in total. The quantitative estimate of drug-likeness (QED) is 0.871. The maximum atomic E-state index is 13.5.